The Morgan fingerprint density at radius 2 is 1.88 bits per heavy atom. The van der Waals surface area contributed by atoms with Crippen molar-refractivity contribution in [2.75, 3.05) is 0 Å². The molecule has 0 aliphatic carbocycles. The van der Waals surface area contributed by atoms with Crippen molar-refractivity contribution in [3.63, 3.8) is 0 Å². The van der Waals surface area contributed by atoms with Crippen LogP contribution in [-0.4, -0.2) is 5.78 Å². The van der Waals surface area contributed by atoms with Crippen molar-refractivity contribution in [1.29, 1.82) is 0 Å². The van der Waals surface area contributed by atoms with Crippen LogP contribution in [0.1, 0.15) is 28.8 Å². The summed E-state index contributed by atoms with van der Waals surface area (Å²) in [6.07, 6.45) is 0.709. The lowest BCUT2D eigenvalue weighted by Crippen LogP contribution is -1.88. The summed E-state index contributed by atoms with van der Waals surface area (Å²) in [5, 5.41) is 0. The number of rotatable bonds is 3. The smallest absolute Gasteiger partial charge is 0.194 e. The van der Waals surface area contributed by atoms with E-state index in [2.05, 4.69) is 15.9 Å². The highest BCUT2D eigenvalue weighted by Crippen LogP contribution is 2.16. The Balaban J connectivity index is 2.14. The molecule has 0 N–H and O–H groups in total. The molecule has 0 bridgehead atoms. The average Bonchev–Trinajstić information content (AvgIpc) is 2.70. The molecule has 0 atom stereocenters. The first-order chi connectivity index (χ1) is 7.65. The van der Waals surface area contributed by atoms with Crippen molar-refractivity contribution in [1.82, 2.24) is 0 Å². The topological polar surface area (TPSA) is 30.2 Å². The summed E-state index contributed by atoms with van der Waals surface area (Å²) in [5.41, 5.74) is 1.16. The van der Waals surface area contributed by atoms with Crippen molar-refractivity contribution in [2.24, 2.45) is 0 Å². The SMILES string of the molecule is CC(=O)c1ccc(Cc2ccc(Br)cc2)o1. The van der Waals surface area contributed by atoms with E-state index in [1.54, 1.807) is 6.07 Å². The molecule has 0 aliphatic heterocycles. The van der Waals surface area contributed by atoms with Gasteiger partial charge in [0, 0.05) is 17.8 Å². The fourth-order valence-corrected chi connectivity index (χ4v) is 1.73. The highest BCUT2D eigenvalue weighted by molar-refractivity contribution is 9.10. The highest BCUT2D eigenvalue weighted by atomic mass is 79.9. The molecule has 1 heterocycles. The van der Waals surface area contributed by atoms with Gasteiger partial charge < -0.3 is 4.42 Å². The Hall–Kier alpha value is -1.35. The van der Waals surface area contributed by atoms with E-state index in [1.807, 2.05) is 30.3 Å². The van der Waals surface area contributed by atoms with Crippen LogP contribution in [-0.2, 0) is 6.42 Å². The van der Waals surface area contributed by atoms with E-state index in [4.69, 9.17) is 4.42 Å². The Kier molecular flexibility index (Phi) is 3.25. The molecule has 0 saturated carbocycles. The van der Waals surface area contributed by atoms with Gasteiger partial charge in [-0.05, 0) is 29.8 Å². The first kappa shape index (κ1) is 11.1. The summed E-state index contributed by atoms with van der Waals surface area (Å²) in [5.74, 6) is 1.20. The van der Waals surface area contributed by atoms with E-state index in [9.17, 15) is 4.79 Å². The molecule has 2 rings (SSSR count). The second-order valence-corrected chi connectivity index (χ2v) is 4.54. The molecule has 0 unspecified atom stereocenters. The van der Waals surface area contributed by atoms with Crippen molar-refractivity contribution in [2.45, 2.75) is 13.3 Å². The van der Waals surface area contributed by atoms with Crippen molar-refractivity contribution in [3.8, 4) is 0 Å². The van der Waals surface area contributed by atoms with Crippen LogP contribution in [0.2, 0.25) is 0 Å². The van der Waals surface area contributed by atoms with Gasteiger partial charge in [0.1, 0.15) is 5.76 Å². The predicted molar refractivity (Wildman–Crippen MR) is 65.7 cm³/mol. The van der Waals surface area contributed by atoms with E-state index in [0.29, 0.717) is 12.2 Å². The molecule has 0 aliphatic rings. The standard InChI is InChI=1S/C13H11BrO2/c1-9(15)13-7-6-12(16-13)8-10-2-4-11(14)5-3-10/h2-7H,8H2,1H3. The lowest BCUT2D eigenvalue weighted by atomic mass is 10.1. The third-order valence-corrected chi connectivity index (χ3v) is 2.83. The Labute approximate surface area is 102 Å². The van der Waals surface area contributed by atoms with Crippen molar-refractivity contribution < 1.29 is 9.21 Å². The zero-order valence-corrected chi connectivity index (χ0v) is 10.5. The van der Waals surface area contributed by atoms with Gasteiger partial charge in [0.2, 0.25) is 0 Å². The largest absolute Gasteiger partial charge is 0.458 e. The van der Waals surface area contributed by atoms with Crippen LogP contribution in [0.4, 0.5) is 0 Å². The molecule has 0 radical (unpaired) electrons. The summed E-state index contributed by atoms with van der Waals surface area (Å²) < 4.78 is 6.47. The second kappa shape index (κ2) is 4.66. The van der Waals surface area contributed by atoms with Crippen LogP contribution < -0.4 is 0 Å². The molecule has 16 heavy (non-hydrogen) atoms. The lowest BCUT2D eigenvalue weighted by molar-refractivity contribution is 0.0985. The van der Waals surface area contributed by atoms with E-state index in [1.165, 1.54) is 6.92 Å². The minimum atomic E-state index is -0.0398. The van der Waals surface area contributed by atoms with Gasteiger partial charge in [-0.3, -0.25) is 4.79 Å². The van der Waals surface area contributed by atoms with Gasteiger partial charge in [-0.15, -0.1) is 0 Å². The number of Topliss-reactive ketones (excluding diaryl/α,β-unsaturated/α-hetero) is 1. The molecule has 0 spiro atoms. The third kappa shape index (κ3) is 2.61. The van der Waals surface area contributed by atoms with Gasteiger partial charge in [-0.1, -0.05) is 28.1 Å². The monoisotopic (exact) mass is 278 g/mol. The first-order valence-corrected chi connectivity index (χ1v) is 5.78. The highest BCUT2D eigenvalue weighted by Gasteiger charge is 2.06. The molecular weight excluding hydrogens is 268 g/mol. The van der Waals surface area contributed by atoms with Gasteiger partial charge in [0.15, 0.2) is 11.5 Å². The minimum absolute atomic E-state index is 0.0398. The van der Waals surface area contributed by atoms with E-state index >= 15 is 0 Å². The fraction of sp³-hybridized carbons (Fsp3) is 0.154. The normalized spacial score (nSPS) is 10.4. The summed E-state index contributed by atoms with van der Waals surface area (Å²) in [6.45, 7) is 1.50. The van der Waals surface area contributed by atoms with Crippen molar-refractivity contribution >= 4 is 21.7 Å². The van der Waals surface area contributed by atoms with Crippen LogP contribution in [0.3, 0.4) is 0 Å². The number of carbonyl (C=O) groups excluding carboxylic acids is 1. The molecule has 1 aromatic carbocycles. The zero-order valence-electron chi connectivity index (χ0n) is 8.87. The van der Waals surface area contributed by atoms with E-state index < -0.39 is 0 Å². The summed E-state index contributed by atoms with van der Waals surface area (Å²) in [4.78, 5) is 11.1. The van der Waals surface area contributed by atoms with Gasteiger partial charge in [0.05, 0.1) is 0 Å². The van der Waals surface area contributed by atoms with Gasteiger partial charge in [0.25, 0.3) is 0 Å². The molecular formula is C13H11BrO2. The summed E-state index contributed by atoms with van der Waals surface area (Å²) in [6, 6.07) is 11.6. The first-order valence-electron chi connectivity index (χ1n) is 4.99. The average molecular weight is 279 g/mol. The van der Waals surface area contributed by atoms with Crippen LogP contribution >= 0.6 is 15.9 Å². The molecule has 2 nitrogen and oxygen atoms in total. The Morgan fingerprint density at radius 3 is 2.44 bits per heavy atom. The quantitative estimate of drug-likeness (QED) is 0.799. The molecule has 0 saturated heterocycles. The van der Waals surface area contributed by atoms with E-state index in [-0.39, 0.29) is 5.78 Å². The second-order valence-electron chi connectivity index (χ2n) is 3.63. The Morgan fingerprint density at radius 1 is 1.19 bits per heavy atom. The summed E-state index contributed by atoms with van der Waals surface area (Å²) >= 11 is 3.39. The number of carbonyl (C=O) groups is 1. The number of furan rings is 1. The maximum absolute atomic E-state index is 11.1. The van der Waals surface area contributed by atoms with Crippen molar-refractivity contribution in [3.05, 3.63) is 58.0 Å². The molecule has 82 valence electrons. The van der Waals surface area contributed by atoms with Gasteiger partial charge >= 0.3 is 0 Å². The molecule has 2 aromatic rings. The van der Waals surface area contributed by atoms with Crippen LogP contribution in [0, 0.1) is 0 Å². The minimum Gasteiger partial charge on any atom is -0.458 e. The maximum Gasteiger partial charge on any atom is 0.194 e. The molecule has 3 heteroatoms. The summed E-state index contributed by atoms with van der Waals surface area (Å²) in [7, 11) is 0. The Bertz CT molecular complexity index is 497. The zero-order chi connectivity index (χ0) is 11.5. The molecule has 0 fully saturated rings. The molecule has 1 aromatic heterocycles. The number of halogens is 1. The van der Waals surface area contributed by atoms with Gasteiger partial charge in [-0.25, -0.2) is 0 Å². The number of hydrogen-bond donors (Lipinski definition) is 0. The van der Waals surface area contributed by atoms with Gasteiger partial charge in [-0.2, -0.15) is 0 Å². The number of ketones is 1. The maximum atomic E-state index is 11.1. The van der Waals surface area contributed by atoms with E-state index in [0.717, 1.165) is 15.8 Å². The van der Waals surface area contributed by atoms with Crippen LogP contribution in [0.15, 0.2) is 45.3 Å². The van der Waals surface area contributed by atoms with Crippen LogP contribution in [0.5, 0.6) is 0 Å². The number of hydrogen-bond acceptors (Lipinski definition) is 2. The van der Waals surface area contributed by atoms with Crippen LogP contribution in [0.25, 0.3) is 0 Å². The third-order valence-electron chi connectivity index (χ3n) is 2.30. The number of benzene rings is 1. The lowest BCUT2D eigenvalue weighted by Gasteiger charge is -1.98. The predicted octanol–water partition coefficient (Wildman–Crippen LogP) is 3.84. The molecule has 0 amide bonds. The fourth-order valence-electron chi connectivity index (χ4n) is 1.47.